The van der Waals surface area contributed by atoms with E-state index >= 15 is 0 Å². The Morgan fingerprint density at radius 3 is 2.60 bits per heavy atom. The Morgan fingerprint density at radius 2 is 1.95 bits per heavy atom. The molecule has 20 heavy (non-hydrogen) atoms. The van der Waals surface area contributed by atoms with Gasteiger partial charge in [-0.2, -0.15) is 0 Å². The van der Waals surface area contributed by atoms with Crippen LogP contribution in [0, 0.1) is 5.92 Å². The molecule has 1 aromatic carbocycles. The highest BCUT2D eigenvalue weighted by Gasteiger charge is 2.16. The zero-order valence-corrected chi connectivity index (χ0v) is 12.6. The number of likely N-dealkylation sites (tertiary alicyclic amines) is 1. The molecule has 1 aliphatic heterocycles. The molecule has 1 fully saturated rings. The highest BCUT2D eigenvalue weighted by Crippen LogP contribution is 2.18. The van der Waals surface area contributed by atoms with Gasteiger partial charge in [0.2, 0.25) is 0 Å². The number of urea groups is 1. The fourth-order valence-corrected chi connectivity index (χ4v) is 2.58. The largest absolute Gasteiger partial charge is 0.338 e. The minimum atomic E-state index is -0.153. The van der Waals surface area contributed by atoms with E-state index in [1.54, 1.807) is 24.3 Å². The predicted octanol–water partition coefficient (Wildman–Crippen LogP) is 3.19. The Morgan fingerprint density at radius 1 is 1.30 bits per heavy atom. The number of carbonyl (C=O) groups is 1. The summed E-state index contributed by atoms with van der Waals surface area (Å²) in [7, 11) is 2.16. The number of carbonyl (C=O) groups excluding carboxylic acids is 1. The molecule has 2 rings (SSSR count). The summed E-state index contributed by atoms with van der Waals surface area (Å²) in [6.07, 6.45) is 3.52. The lowest BCUT2D eigenvalue weighted by atomic mass is 9.94. The summed E-state index contributed by atoms with van der Waals surface area (Å²) in [6, 6.07) is 6.95. The fraction of sp³-hybridized carbons (Fsp3) is 0.533. The number of rotatable bonds is 4. The van der Waals surface area contributed by atoms with E-state index in [2.05, 4.69) is 22.6 Å². The van der Waals surface area contributed by atoms with Gasteiger partial charge in [-0.25, -0.2) is 4.79 Å². The van der Waals surface area contributed by atoms with Crippen molar-refractivity contribution in [2.24, 2.45) is 5.92 Å². The molecule has 1 aliphatic rings. The topological polar surface area (TPSA) is 44.4 Å². The maximum atomic E-state index is 11.7. The van der Waals surface area contributed by atoms with Gasteiger partial charge in [0.15, 0.2) is 0 Å². The van der Waals surface area contributed by atoms with Crippen LogP contribution >= 0.6 is 11.6 Å². The minimum Gasteiger partial charge on any atom is -0.338 e. The molecule has 110 valence electrons. The van der Waals surface area contributed by atoms with Gasteiger partial charge < -0.3 is 15.5 Å². The second-order valence-corrected chi connectivity index (χ2v) is 5.86. The first-order valence-corrected chi connectivity index (χ1v) is 7.50. The first kappa shape index (κ1) is 15.1. The normalized spacial score (nSPS) is 16.9. The van der Waals surface area contributed by atoms with Crippen LogP contribution in [0.15, 0.2) is 24.3 Å². The van der Waals surface area contributed by atoms with Crippen LogP contribution in [-0.2, 0) is 0 Å². The zero-order chi connectivity index (χ0) is 14.4. The third kappa shape index (κ3) is 5.02. The van der Waals surface area contributed by atoms with Gasteiger partial charge in [-0.3, -0.25) is 0 Å². The highest BCUT2D eigenvalue weighted by atomic mass is 35.5. The van der Waals surface area contributed by atoms with Crippen LogP contribution < -0.4 is 10.6 Å². The molecule has 1 saturated heterocycles. The molecule has 1 aromatic rings. The molecule has 0 aliphatic carbocycles. The third-order valence-corrected chi connectivity index (χ3v) is 4.03. The number of benzene rings is 1. The summed E-state index contributed by atoms with van der Waals surface area (Å²) >= 11 is 5.80. The summed E-state index contributed by atoms with van der Waals surface area (Å²) in [5.74, 6) is 0.738. The first-order valence-electron chi connectivity index (χ1n) is 7.12. The average Bonchev–Trinajstić information content (AvgIpc) is 2.44. The molecular formula is C15H22ClN3O. The number of hydrogen-bond donors (Lipinski definition) is 2. The molecule has 1 heterocycles. The smallest absolute Gasteiger partial charge is 0.319 e. The van der Waals surface area contributed by atoms with Crippen LogP contribution in [-0.4, -0.2) is 37.6 Å². The van der Waals surface area contributed by atoms with Gasteiger partial charge in [0, 0.05) is 17.3 Å². The molecule has 5 heteroatoms. The molecular weight excluding hydrogens is 274 g/mol. The summed E-state index contributed by atoms with van der Waals surface area (Å²) < 4.78 is 0. The third-order valence-electron chi connectivity index (χ3n) is 3.78. The maximum absolute atomic E-state index is 11.7. The van der Waals surface area contributed by atoms with Crippen LogP contribution in [0.3, 0.4) is 0 Å². The predicted molar refractivity (Wildman–Crippen MR) is 83.3 cm³/mol. The van der Waals surface area contributed by atoms with E-state index in [0.717, 1.165) is 24.6 Å². The summed E-state index contributed by atoms with van der Waals surface area (Å²) in [6.45, 7) is 3.07. The van der Waals surface area contributed by atoms with Crippen molar-refractivity contribution in [3.8, 4) is 0 Å². The Hall–Kier alpha value is -1.26. The van der Waals surface area contributed by atoms with Crippen LogP contribution in [0.2, 0.25) is 5.02 Å². The fourth-order valence-electron chi connectivity index (χ4n) is 2.45. The molecule has 0 spiro atoms. The Bertz CT molecular complexity index is 427. The van der Waals surface area contributed by atoms with Gasteiger partial charge >= 0.3 is 6.03 Å². The van der Waals surface area contributed by atoms with Crippen molar-refractivity contribution in [3.63, 3.8) is 0 Å². The van der Waals surface area contributed by atoms with E-state index < -0.39 is 0 Å². The lowest BCUT2D eigenvalue weighted by Crippen LogP contribution is -2.34. The quantitative estimate of drug-likeness (QED) is 0.896. The van der Waals surface area contributed by atoms with Crippen molar-refractivity contribution in [2.45, 2.75) is 19.3 Å². The molecule has 2 N–H and O–H groups in total. The second-order valence-electron chi connectivity index (χ2n) is 5.42. The van der Waals surface area contributed by atoms with Crippen molar-refractivity contribution in [1.29, 1.82) is 0 Å². The van der Waals surface area contributed by atoms with Gasteiger partial charge in [-0.15, -0.1) is 0 Å². The lowest BCUT2D eigenvalue weighted by molar-refractivity contribution is 0.211. The lowest BCUT2D eigenvalue weighted by Gasteiger charge is -2.28. The Balaban J connectivity index is 1.64. The van der Waals surface area contributed by atoms with Crippen LogP contribution in [0.25, 0.3) is 0 Å². The number of nitrogens with one attached hydrogen (secondary N) is 2. The number of halogens is 1. The molecule has 0 unspecified atom stereocenters. The maximum Gasteiger partial charge on any atom is 0.319 e. The molecule has 0 saturated carbocycles. The molecule has 0 radical (unpaired) electrons. The van der Waals surface area contributed by atoms with Gasteiger partial charge in [-0.1, -0.05) is 11.6 Å². The number of hydrogen-bond acceptors (Lipinski definition) is 2. The number of piperidine rings is 1. The van der Waals surface area contributed by atoms with Crippen molar-refractivity contribution in [3.05, 3.63) is 29.3 Å². The van der Waals surface area contributed by atoms with E-state index in [4.69, 9.17) is 11.6 Å². The van der Waals surface area contributed by atoms with Gasteiger partial charge in [0.05, 0.1) is 0 Å². The van der Waals surface area contributed by atoms with E-state index in [0.29, 0.717) is 5.02 Å². The van der Waals surface area contributed by atoms with E-state index in [-0.39, 0.29) is 6.03 Å². The van der Waals surface area contributed by atoms with Crippen molar-refractivity contribution >= 4 is 23.3 Å². The number of anilines is 1. The minimum absolute atomic E-state index is 0.153. The van der Waals surface area contributed by atoms with Crippen molar-refractivity contribution < 1.29 is 4.79 Å². The molecule has 0 aromatic heterocycles. The molecule has 0 bridgehead atoms. The van der Waals surface area contributed by atoms with Gasteiger partial charge in [0.25, 0.3) is 0 Å². The van der Waals surface area contributed by atoms with Gasteiger partial charge in [0.1, 0.15) is 0 Å². The van der Waals surface area contributed by atoms with Crippen LogP contribution in [0.4, 0.5) is 10.5 Å². The molecule has 4 nitrogen and oxygen atoms in total. The van der Waals surface area contributed by atoms with Gasteiger partial charge in [-0.05, 0) is 69.6 Å². The molecule has 0 atom stereocenters. The van der Waals surface area contributed by atoms with Crippen LogP contribution in [0.1, 0.15) is 19.3 Å². The number of amides is 2. The van der Waals surface area contributed by atoms with E-state index in [1.165, 1.54) is 25.9 Å². The number of nitrogens with zero attached hydrogens (tertiary/aromatic N) is 1. The SMILES string of the molecule is CN1CCC(CCNC(=O)Nc2ccc(Cl)cc2)CC1. The average molecular weight is 296 g/mol. The second kappa shape index (κ2) is 7.50. The van der Waals surface area contributed by atoms with E-state index in [1.807, 2.05) is 0 Å². The summed E-state index contributed by atoms with van der Waals surface area (Å²) in [5, 5.41) is 6.37. The Kier molecular flexibility index (Phi) is 5.68. The Labute approximate surface area is 125 Å². The van der Waals surface area contributed by atoms with Crippen molar-refractivity contribution in [2.75, 3.05) is 32.0 Å². The zero-order valence-electron chi connectivity index (χ0n) is 11.9. The molecule has 2 amide bonds. The standard InChI is InChI=1S/C15H22ClN3O/c1-19-10-7-12(8-11-19)6-9-17-15(20)18-14-4-2-13(16)3-5-14/h2-5,12H,6-11H2,1H3,(H2,17,18,20). The van der Waals surface area contributed by atoms with Crippen molar-refractivity contribution in [1.82, 2.24) is 10.2 Å². The van der Waals surface area contributed by atoms with Crippen LogP contribution in [0.5, 0.6) is 0 Å². The highest BCUT2D eigenvalue weighted by molar-refractivity contribution is 6.30. The first-order chi connectivity index (χ1) is 9.63. The van der Waals surface area contributed by atoms with E-state index in [9.17, 15) is 4.79 Å². The summed E-state index contributed by atoms with van der Waals surface area (Å²) in [5.41, 5.74) is 0.756. The monoisotopic (exact) mass is 295 g/mol. The summed E-state index contributed by atoms with van der Waals surface area (Å²) in [4.78, 5) is 14.1.